The van der Waals surface area contributed by atoms with Crippen LogP contribution in [0, 0.1) is 6.92 Å². The monoisotopic (exact) mass is 258 g/mol. The lowest BCUT2D eigenvalue weighted by molar-refractivity contribution is -0.139. The van der Waals surface area contributed by atoms with E-state index >= 15 is 0 Å². The zero-order chi connectivity index (χ0) is 14.0. The van der Waals surface area contributed by atoms with Crippen molar-refractivity contribution >= 4 is 22.6 Å². The summed E-state index contributed by atoms with van der Waals surface area (Å²) in [6.45, 7) is 1.97. The van der Waals surface area contributed by atoms with Crippen molar-refractivity contribution in [3.8, 4) is 0 Å². The molecule has 0 radical (unpaired) electrons. The molecule has 1 aromatic carbocycles. The lowest BCUT2D eigenvalue weighted by atomic mass is 10.1. The van der Waals surface area contributed by atoms with Gasteiger partial charge in [0.05, 0.1) is 19.0 Å². The fourth-order valence-corrected chi connectivity index (χ4v) is 2.10. The number of benzene rings is 1. The fraction of sp³-hybridized carbons (Fsp3) is 0.333. The molecule has 1 aromatic heterocycles. The summed E-state index contributed by atoms with van der Waals surface area (Å²) in [4.78, 5) is 17.9. The van der Waals surface area contributed by atoms with Gasteiger partial charge in [-0.2, -0.15) is 0 Å². The number of hydrogen-bond acceptors (Lipinski definition) is 4. The van der Waals surface area contributed by atoms with Gasteiger partial charge in [0.15, 0.2) is 0 Å². The summed E-state index contributed by atoms with van der Waals surface area (Å²) in [5, 5.41) is 1.09. The van der Waals surface area contributed by atoms with E-state index < -0.39 is 0 Å². The standard InChI is InChI=1S/C15H18N2O2/c1-10-7-14(17(2)3)12-6-5-11(8-13(12)16-10)9-15(18)19-4/h5-8H,9H2,1-4H3. The second kappa shape index (κ2) is 5.26. The molecule has 0 aliphatic carbocycles. The number of methoxy groups -OCH3 is 1. The van der Waals surface area contributed by atoms with Crippen molar-refractivity contribution in [2.75, 3.05) is 26.1 Å². The highest BCUT2D eigenvalue weighted by Gasteiger charge is 2.08. The second-order valence-electron chi connectivity index (χ2n) is 4.78. The summed E-state index contributed by atoms with van der Waals surface area (Å²) >= 11 is 0. The molecule has 0 saturated heterocycles. The molecule has 2 rings (SSSR count). The number of carbonyl (C=O) groups is 1. The first kappa shape index (κ1) is 13.3. The minimum atomic E-state index is -0.236. The lowest BCUT2D eigenvalue weighted by Crippen LogP contribution is -2.10. The van der Waals surface area contributed by atoms with E-state index in [1.54, 1.807) is 0 Å². The van der Waals surface area contributed by atoms with E-state index in [0.717, 1.165) is 27.8 Å². The van der Waals surface area contributed by atoms with E-state index in [0.29, 0.717) is 0 Å². The van der Waals surface area contributed by atoms with Gasteiger partial charge < -0.3 is 9.64 Å². The third-order valence-corrected chi connectivity index (χ3v) is 3.04. The molecule has 0 unspecified atom stereocenters. The maximum absolute atomic E-state index is 11.3. The van der Waals surface area contributed by atoms with Crippen LogP contribution in [0.4, 0.5) is 5.69 Å². The summed E-state index contributed by atoms with van der Waals surface area (Å²) in [5.74, 6) is -0.236. The Balaban J connectivity index is 2.51. The molecular formula is C15H18N2O2. The molecule has 0 bridgehead atoms. The Morgan fingerprint density at radius 3 is 2.68 bits per heavy atom. The van der Waals surface area contributed by atoms with Crippen LogP contribution < -0.4 is 4.90 Å². The third kappa shape index (κ3) is 2.84. The number of rotatable bonds is 3. The number of anilines is 1. The summed E-state index contributed by atoms with van der Waals surface area (Å²) < 4.78 is 4.68. The number of aromatic nitrogens is 1. The summed E-state index contributed by atoms with van der Waals surface area (Å²) in [5.41, 5.74) is 3.92. The molecule has 0 aliphatic heterocycles. The average Bonchev–Trinajstić information content (AvgIpc) is 2.37. The van der Waals surface area contributed by atoms with Crippen LogP contribution in [0.3, 0.4) is 0 Å². The topological polar surface area (TPSA) is 42.4 Å². The quantitative estimate of drug-likeness (QED) is 0.792. The first-order chi connectivity index (χ1) is 9.01. The van der Waals surface area contributed by atoms with Gasteiger partial charge >= 0.3 is 5.97 Å². The number of carbonyl (C=O) groups excluding carboxylic acids is 1. The van der Waals surface area contributed by atoms with E-state index in [-0.39, 0.29) is 12.4 Å². The first-order valence-corrected chi connectivity index (χ1v) is 6.15. The van der Waals surface area contributed by atoms with Gasteiger partial charge in [-0.1, -0.05) is 12.1 Å². The Kier molecular flexibility index (Phi) is 3.69. The summed E-state index contributed by atoms with van der Waals surface area (Å²) in [6, 6.07) is 7.97. The van der Waals surface area contributed by atoms with Crippen LogP contribution in [0.2, 0.25) is 0 Å². The van der Waals surface area contributed by atoms with Gasteiger partial charge in [0.25, 0.3) is 0 Å². The highest BCUT2D eigenvalue weighted by Crippen LogP contribution is 2.26. The molecule has 19 heavy (non-hydrogen) atoms. The molecule has 0 aliphatic rings. The van der Waals surface area contributed by atoms with Crippen LogP contribution in [-0.4, -0.2) is 32.2 Å². The molecule has 100 valence electrons. The van der Waals surface area contributed by atoms with Crippen molar-refractivity contribution in [2.24, 2.45) is 0 Å². The van der Waals surface area contributed by atoms with Crippen molar-refractivity contribution in [2.45, 2.75) is 13.3 Å². The molecule has 0 atom stereocenters. The number of hydrogen-bond donors (Lipinski definition) is 0. The van der Waals surface area contributed by atoms with Crippen LogP contribution in [0.1, 0.15) is 11.3 Å². The van der Waals surface area contributed by atoms with Crippen molar-refractivity contribution in [3.63, 3.8) is 0 Å². The van der Waals surface area contributed by atoms with Crippen molar-refractivity contribution in [3.05, 3.63) is 35.5 Å². The molecule has 4 nitrogen and oxygen atoms in total. The highest BCUT2D eigenvalue weighted by molar-refractivity contribution is 5.92. The zero-order valence-corrected chi connectivity index (χ0v) is 11.7. The average molecular weight is 258 g/mol. The minimum Gasteiger partial charge on any atom is -0.469 e. The number of pyridine rings is 1. The summed E-state index contributed by atoms with van der Waals surface area (Å²) in [6.07, 6.45) is 0.277. The number of fused-ring (bicyclic) bond motifs is 1. The molecular weight excluding hydrogens is 240 g/mol. The van der Waals surface area contributed by atoms with E-state index in [4.69, 9.17) is 0 Å². The van der Waals surface area contributed by atoms with Crippen molar-refractivity contribution in [1.29, 1.82) is 0 Å². The van der Waals surface area contributed by atoms with Crippen molar-refractivity contribution in [1.82, 2.24) is 4.98 Å². The maximum Gasteiger partial charge on any atom is 0.309 e. The molecule has 1 heterocycles. The number of aryl methyl sites for hydroxylation is 1. The molecule has 0 amide bonds. The zero-order valence-electron chi connectivity index (χ0n) is 11.7. The van der Waals surface area contributed by atoms with Crippen LogP contribution in [0.5, 0.6) is 0 Å². The molecule has 2 aromatic rings. The second-order valence-corrected chi connectivity index (χ2v) is 4.78. The smallest absolute Gasteiger partial charge is 0.309 e. The van der Waals surface area contributed by atoms with Gasteiger partial charge in [-0.05, 0) is 24.6 Å². The lowest BCUT2D eigenvalue weighted by Gasteiger charge is -2.16. The SMILES string of the molecule is COC(=O)Cc1ccc2c(N(C)C)cc(C)nc2c1. The first-order valence-electron chi connectivity index (χ1n) is 6.15. The largest absolute Gasteiger partial charge is 0.469 e. The Morgan fingerprint density at radius 1 is 1.32 bits per heavy atom. The molecule has 0 spiro atoms. The minimum absolute atomic E-state index is 0.236. The van der Waals surface area contributed by atoms with Crippen LogP contribution in [0.15, 0.2) is 24.3 Å². The van der Waals surface area contributed by atoms with E-state index in [9.17, 15) is 4.79 Å². The van der Waals surface area contributed by atoms with Crippen LogP contribution in [0.25, 0.3) is 10.9 Å². The predicted octanol–water partition coefficient (Wildman–Crippen LogP) is 2.32. The van der Waals surface area contributed by atoms with Gasteiger partial charge in [0, 0.05) is 30.9 Å². The highest BCUT2D eigenvalue weighted by atomic mass is 16.5. The Hall–Kier alpha value is -2.10. The molecule has 0 fully saturated rings. The van der Waals surface area contributed by atoms with Crippen LogP contribution >= 0.6 is 0 Å². The Bertz CT molecular complexity index is 621. The van der Waals surface area contributed by atoms with Gasteiger partial charge in [-0.15, -0.1) is 0 Å². The van der Waals surface area contributed by atoms with E-state index in [1.165, 1.54) is 7.11 Å². The van der Waals surface area contributed by atoms with Gasteiger partial charge in [-0.25, -0.2) is 0 Å². The van der Waals surface area contributed by atoms with E-state index in [2.05, 4.69) is 20.7 Å². The van der Waals surface area contributed by atoms with Crippen molar-refractivity contribution < 1.29 is 9.53 Å². The normalized spacial score (nSPS) is 10.5. The third-order valence-electron chi connectivity index (χ3n) is 3.04. The van der Waals surface area contributed by atoms with Gasteiger partial charge in [-0.3, -0.25) is 9.78 Å². The number of ether oxygens (including phenoxy) is 1. The summed E-state index contributed by atoms with van der Waals surface area (Å²) in [7, 11) is 5.42. The van der Waals surface area contributed by atoms with Gasteiger partial charge in [0.1, 0.15) is 0 Å². The Labute approximate surface area is 113 Å². The molecule has 4 heteroatoms. The predicted molar refractivity (Wildman–Crippen MR) is 76.5 cm³/mol. The van der Waals surface area contributed by atoms with E-state index in [1.807, 2.05) is 39.2 Å². The maximum atomic E-state index is 11.3. The molecule has 0 saturated carbocycles. The fourth-order valence-electron chi connectivity index (χ4n) is 2.10. The van der Waals surface area contributed by atoms with Crippen LogP contribution in [-0.2, 0) is 16.0 Å². The number of esters is 1. The van der Waals surface area contributed by atoms with Gasteiger partial charge in [0.2, 0.25) is 0 Å². The Morgan fingerprint density at radius 2 is 2.05 bits per heavy atom. The molecule has 0 N–H and O–H groups in total. The number of nitrogens with zero attached hydrogens (tertiary/aromatic N) is 2.